The summed E-state index contributed by atoms with van der Waals surface area (Å²) in [5, 5.41) is 22.8. The number of nitriles is 1. The Morgan fingerprint density at radius 3 is 2.53 bits per heavy atom. The molecule has 32 heavy (non-hydrogen) atoms. The number of ether oxygens (including phenoxy) is 2. The molecule has 3 aromatic rings. The molecule has 0 aliphatic carbocycles. The molecule has 0 saturated carbocycles. The van der Waals surface area contributed by atoms with Crippen LogP contribution in [0.15, 0.2) is 95.7 Å². The van der Waals surface area contributed by atoms with Gasteiger partial charge in [0.1, 0.15) is 17.5 Å². The summed E-state index contributed by atoms with van der Waals surface area (Å²) in [7, 11) is 0. The first-order chi connectivity index (χ1) is 15.7. The molecule has 0 radical (unpaired) electrons. The molecule has 154 valence electrons. The third-order valence-corrected chi connectivity index (χ3v) is 5.89. The minimum Gasteiger partial charge on any atom is -0.438 e. The van der Waals surface area contributed by atoms with E-state index in [1.165, 1.54) is 0 Å². The summed E-state index contributed by atoms with van der Waals surface area (Å²) in [6.45, 7) is 2.01. The number of para-hydroxylation sites is 4. The average Bonchev–Trinajstić information content (AvgIpc) is 3.40. The fourth-order valence-corrected chi connectivity index (χ4v) is 4.48. The van der Waals surface area contributed by atoms with Crippen LogP contribution in [0.25, 0.3) is 0 Å². The molecule has 6 heteroatoms. The van der Waals surface area contributed by atoms with Crippen molar-refractivity contribution in [2.24, 2.45) is 0 Å². The molecule has 3 heterocycles. The topological polar surface area (TPSA) is 81.4 Å². The molecule has 6 rings (SSSR count). The van der Waals surface area contributed by atoms with Gasteiger partial charge >= 0.3 is 0 Å². The molecule has 1 unspecified atom stereocenters. The number of allylic oxidation sites excluding steroid dienone is 1. The van der Waals surface area contributed by atoms with Crippen molar-refractivity contribution in [2.45, 2.75) is 12.8 Å². The molecule has 3 aliphatic rings. The molecular formula is C26H18N4O2. The van der Waals surface area contributed by atoms with Crippen LogP contribution in [0.2, 0.25) is 0 Å². The van der Waals surface area contributed by atoms with Crippen LogP contribution in [0.4, 0.5) is 11.4 Å². The number of nitrogens with zero attached hydrogens (tertiary/aromatic N) is 2. The number of benzene rings is 3. The van der Waals surface area contributed by atoms with Gasteiger partial charge in [-0.15, -0.1) is 0 Å². The Morgan fingerprint density at radius 2 is 1.75 bits per heavy atom. The normalized spacial score (nSPS) is 20.6. The Labute approximate surface area is 185 Å². The van der Waals surface area contributed by atoms with E-state index in [4.69, 9.17) is 9.47 Å². The summed E-state index contributed by atoms with van der Waals surface area (Å²) in [4.78, 5) is 1.69. The van der Waals surface area contributed by atoms with E-state index in [0.717, 1.165) is 22.5 Å². The van der Waals surface area contributed by atoms with Crippen molar-refractivity contribution in [3.8, 4) is 17.6 Å². The molecule has 0 aromatic heterocycles. The van der Waals surface area contributed by atoms with Gasteiger partial charge in [-0.25, -0.2) is 0 Å². The Balaban J connectivity index is 1.62. The van der Waals surface area contributed by atoms with Crippen LogP contribution in [-0.2, 0) is 0 Å². The molecule has 3 aliphatic heterocycles. The van der Waals surface area contributed by atoms with Gasteiger partial charge in [0.15, 0.2) is 11.5 Å². The first kappa shape index (κ1) is 18.3. The highest BCUT2D eigenvalue weighted by molar-refractivity contribution is 6.15. The van der Waals surface area contributed by atoms with E-state index >= 15 is 0 Å². The lowest BCUT2D eigenvalue weighted by atomic mass is 9.81. The minimum atomic E-state index is -0.509. The molecule has 6 nitrogen and oxygen atoms in total. The second-order valence-corrected chi connectivity index (χ2v) is 7.90. The molecule has 1 atom stereocenters. The maximum atomic E-state index is 10.3. The number of nitrogens with one attached hydrogen (secondary N) is 2. The lowest BCUT2D eigenvalue weighted by Gasteiger charge is -2.33. The van der Waals surface area contributed by atoms with Gasteiger partial charge in [0.2, 0.25) is 11.8 Å². The van der Waals surface area contributed by atoms with E-state index in [1.54, 1.807) is 4.90 Å². The van der Waals surface area contributed by atoms with Gasteiger partial charge in [-0.2, -0.15) is 5.26 Å². The highest BCUT2D eigenvalue weighted by Crippen LogP contribution is 2.50. The molecular weight excluding hydrogens is 400 g/mol. The average molecular weight is 418 g/mol. The number of amidine groups is 1. The van der Waals surface area contributed by atoms with Crippen LogP contribution >= 0.6 is 0 Å². The monoisotopic (exact) mass is 418 g/mol. The quantitative estimate of drug-likeness (QED) is 0.551. The lowest BCUT2D eigenvalue weighted by Crippen LogP contribution is -2.39. The van der Waals surface area contributed by atoms with Crippen molar-refractivity contribution >= 4 is 17.2 Å². The van der Waals surface area contributed by atoms with Gasteiger partial charge in [-0.1, -0.05) is 54.1 Å². The zero-order valence-corrected chi connectivity index (χ0v) is 17.2. The van der Waals surface area contributed by atoms with Gasteiger partial charge in [0, 0.05) is 0 Å². The highest BCUT2D eigenvalue weighted by atomic mass is 16.5. The Morgan fingerprint density at radius 1 is 0.969 bits per heavy atom. The second kappa shape index (κ2) is 6.76. The summed E-state index contributed by atoms with van der Waals surface area (Å²) < 4.78 is 12.3. The van der Waals surface area contributed by atoms with E-state index in [2.05, 4.69) is 11.4 Å². The number of rotatable bonds is 1. The number of aryl methyl sites for hydroxylation is 1. The van der Waals surface area contributed by atoms with Crippen LogP contribution in [0.5, 0.6) is 11.5 Å². The van der Waals surface area contributed by atoms with Crippen LogP contribution in [-0.4, -0.2) is 5.84 Å². The molecule has 2 N–H and O–H groups in total. The third kappa shape index (κ3) is 2.55. The summed E-state index contributed by atoms with van der Waals surface area (Å²) in [6.07, 6.45) is 0. The fraction of sp³-hybridized carbons (Fsp3) is 0.0769. The lowest BCUT2D eigenvalue weighted by molar-refractivity contribution is 0.430. The standard InChI is InChI=1S/C26H18N4O2/c1-15-7-6-8-16(13-15)22-17(14-27)26-30(19-10-3-5-12-21(19)32-26)24(28)23(22)25-29-18-9-2-4-11-20(18)31-25/h2-13,22,28-29H,1H3/b25-23+,28-24?. The zero-order valence-electron chi connectivity index (χ0n) is 17.2. The predicted molar refractivity (Wildman–Crippen MR) is 122 cm³/mol. The van der Waals surface area contributed by atoms with Gasteiger partial charge in [0.05, 0.1) is 22.9 Å². The maximum Gasteiger partial charge on any atom is 0.221 e. The van der Waals surface area contributed by atoms with E-state index < -0.39 is 5.92 Å². The van der Waals surface area contributed by atoms with Crippen molar-refractivity contribution < 1.29 is 9.47 Å². The maximum absolute atomic E-state index is 10.3. The Bertz CT molecular complexity index is 1390. The zero-order chi connectivity index (χ0) is 21.8. The Kier molecular flexibility index (Phi) is 3.86. The van der Waals surface area contributed by atoms with Crippen molar-refractivity contribution in [3.63, 3.8) is 0 Å². The van der Waals surface area contributed by atoms with E-state index in [1.807, 2.05) is 79.7 Å². The molecule has 0 saturated heterocycles. The number of hydrogen-bond acceptors (Lipinski definition) is 5. The number of anilines is 2. The van der Waals surface area contributed by atoms with Gasteiger partial charge in [0.25, 0.3) is 0 Å². The van der Waals surface area contributed by atoms with Crippen molar-refractivity contribution in [1.29, 1.82) is 10.7 Å². The Hall–Kier alpha value is -4.50. The van der Waals surface area contributed by atoms with Crippen LogP contribution in [0.1, 0.15) is 17.0 Å². The van der Waals surface area contributed by atoms with Gasteiger partial charge in [-0.3, -0.25) is 10.3 Å². The molecule has 0 amide bonds. The van der Waals surface area contributed by atoms with E-state index in [9.17, 15) is 10.7 Å². The summed E-state index contributed by atoms with van der Waals surface area (Å²) in [5.74, 6) is 1.86. The SMILES string of the molecule is Cc1cccc(C2C(C#N)=C3Oc4ccccc4N3C(=N)/C2=C2\Nc3ccccc3O2)c1. The first-order valence-corrected chi connectivity index (χ1v) is 10.3. The molecule has 3 aromatic carbocycles. The van der Waals surface area contributed by atoms with Crippen LogP contribution in [0.3, 0.4) is 0 Å². The predicted octanol–water partition coefficient (Wildman–Crippen LogP) is 5.42. The van der Waals surface area contributed by atoms with Gasteiger partial charge in [-0.05, 0) is 36.8 Å². The smallest absolute Gasteiger partial charge is 0.221 e. The van der Waals surface area contributed by atoms with Crippen LogP contribution < -0.4 is 19.7 Å². The molecule has 0 spiro atoms. The minimum absolute atomic E-state index is 0.214. The number of hydrogen-bond donors (Lipinski definition) is 2. The largest absolute Gasteiger partial charge is 0.438 e. The first-order valence-electron chi connectivity index (χ1n) is 10.3. The van der Waals surface area contributed by atoms with E-state index in [0.29, 0.717) is 34.4 Å². The summed E-state index contributed by atoms with van der Waals surface area (Å²) in [5.41, 5.74) is 4.57. The third-order valence-electron chi connectivity index (χ3n) is 5.89. The van der Waals surface area contributed by atoms with Crippen molar-refractivity contribution in [3.05, 3.63) is 107 Å². The number of fused-ring (bicyclic) bond motifs is 4. The van der Waals surface area contributed by atoms with Crippen LogP contribution in [0, 0.1) is 23.7 Å². The summed E-state index contributed by atoms with van der Waals surface area (Å²) >= 11 is 0. The highest BCUT2D eigenvalue weighted by Gasteiger charge is 2.46. The van der Waals surface area contributed by atoms with Crippen molar-refractivity contribution in [2.75, 3.05) is 10.2 Å². The second-order valence-electron chi connectivity index (χ2n) is 7.90. The fourth-order valence-electron chi connectivity index (χ4n) is 4.48. The van der Waals surface area contributed by atoms with Crippen molar-refractivity contribution in [1.82, 2.24) is 0 Å². The summed E-state index contributed by atoms with van der Waals surface area (Å²) in [6, 6.07) is 25.5. The van der Waals surface area contributed by atoms with Gasteiger partial charge < -0.3 is 14.8 Å². The molecule has 0 fully saturated rings. The molecule has 0 bridgehead atoms. The van der Waals surface area contributed by atoms with E-state index in [-0.39, 0.29) is 5.84 Å².